The first-order chi connectivity index (χ1) is 12.5. The Kier molecular flexibility index (Phi) is 8.04. The molecular formula is C20H26ClIN4O. The quantitative estimate of drug-likeness (QED) is 0.360. The molecule has 3 rings (SSSR count). The van der Waals surface area contributed by atoms with Gasteiger partial charge in [-0.1, -0.05) is 17.7 Å². The van der Waals surface area contributed by atoms with Crippen LogP contribution >= 0.6 is 35.6 Å². The molecule has 1 aliphatic rings. The fourth-order valence-electron chi connectivity index (χ4n) is 3.21. The summed E-state index contributed by atoms with van der Waals surface area (Å²) in [4.78, 5) is 6.89. The van der Waals surface area contributed by atoms with Crippen LogP contribution < -0.4 is 20.7 Å². The van der Waals surface area contributed by atoms with Crippen molar-refractivity contribution in [3.63, 3.8) is 0 Å². The number of aryl methyl sites for hydroxylation is 1. The smallest absolute Gasteiger partial charge is 0.193 e. The van der Waals surface area contributed by atoms with Gasteiger partial charge < -0.3 is 20.7 Å². The van der Waals surface area contributed by atoms with Crippen LogP contribution in [0, 0.1) is 12.8 Å². The van der Waals surface area contributed by atoms with Crippen molar-refractivity contribution < 1.29 is 4.74 Å². The van der Waals surface area contributed by atoms with E-state index in [0.29, 0.717) is 18.4 Å². The highest BCUT2D eigenvalue weighted by Crippen LogP contribution is 2.29. The van der Waals surface area contributed by atoms with Gasteiger partial charge in [-0.05, 0) is 61.2 Å². The van der Waals surface area contributed by atoms with Gasteiger partial charge in [0.1, 0.15) is 5.75 Å². The van der Waals surface area contributed by atoms with Crippen LogP contribution in [0.25, 0.3) is 0 Å². The van der Waals surface area contributed by atoms with E-state index in [1.54, 1.807) is 7.11 Å². The molecule has 2 aromatic carbocycles. The molecule has 27 heavy (non-hydrogen) atoms. The molecule has 1 atom stereocenters. The summed E-state index contributed by atoms with van der Waals surface area (Å²) in [6.45, 7) is 4.83. The number of nitrogens with two attached hydrogens (primary N) is 1. The molecule has 0 bridgehead atoms. The van der Waals surface area contributed by atoms with Crippen molar-refractivity contribution in [2.45, 2.75) is 13.3 Å². The Labute approximate surface area is 183 Å². The lowest BCUT2D eigenvalue weighted by atomic mass is 10.1. The van der Waals surface area contributed by atoms with Crippen LogP contribution in [-0.4, -0.2) is 32.7 Å². The Morgan fingerprint density at radius 3 is 2.74 bits per heavy atom. The van der Waals surface area contributed by atoms with E-state index >= 15 is 0 Å². The topological polar surface area (TPSA) is 62.9 Å². The maximum absolute atomic E-state index is 6.15. The highest BCUT2D eigenvalue weighted by atomic mass is 127. The summed E-state index contributed by atoms with van der Waals surface area (Å²) in [5, 5.41) is 3.90. The van der Waals surface area contributed by atoms with Crippen LogP contribution in [0.2, 0.25) is 5.02 Å². The average Bonchev–Trinajstić information content (AvgIpc) is 3.11. The van der Waals surface area contributed by atoms with Gasteiger partial charge in [-0.15, -0.1) is 24.0 Å². The second-order valence-corrected chi connectivity index (χ2v) is 7.05. The zero-order valence-electron chi connectivity index (χ0n) is 15.6. The maximum Gasteiger partial charge on any atom is 0.193 e. The van der Waals surface area contributed by atoms with E-state index in [9.17, 15) is 0 Å². The third-order valence-electron chi connectivity index (χ3n) is 4.68. The molecule has 0 aliphatic carbocycles. The SMILES string of the molecule is COc1ccc(NC(N)=NCC2CCN(c3cc(Cl)ccc3C)C2)cc1.I. The summed E-state index contributed by atoms with van der Waals surface area (Å²) >= 11 is 6.15. The number of aliphatic imine (C=N–C) groups is 1. The van der Waals surface area contributed by atoms with E-state index in [2.05, 4.69) is 28.2 Å². The number of methoxy groups -OCH3 is 1. The zero-order chi connectivity index (χ0) is 18.5. The number of ether oxygens (including phenoxy) is 1. The molecule has 2 aromatic rings. The zero-order valence-corrected chi connectivity index (χ0v) is 18.7. The Morgan fingerprint density at radius 2 is 2.04 bits per heavy atom. The predicted octanol–water partition coefficient (Wildman–Crippen LogP) is 4.53. The van der Waals surface area contributed by atoms with Crippen molar-refractivity contribution in [1.82, 2.24) is 0 Å². The lowest BCUT2D eigenvalue weighted by Crippen LogP contribution is -2.25. The minimum atomic E-state index is 0. The molecule has 7 heteroatoms. The normalized spacial score (nSPS) is 16.8. The molecule has 1 fully saturated rings. The van der Waals surface area contributed by atoms with Crippen LogP contribution in [0.5, 0.6) is 5.75 Å². The molecule has 1 aliphatic heterocycles. The van der Waals surface area contributed by atoms with Crippen LogP contribution in [0.1, 0.15) is 12.0 Å². The van der Waals surface area contributed by atoms with Crippen molar-refractivity contribution in [3.8, 4) is 5.75 Å². The number of nitrogens with zero attached hydrogens (tertiary/aromatic N) is 2. The lowest BCUT2D eigenvalue weighted by Gasteiger charge is -2.21. The van der Waals surface area contributed by atoms with Gasteiger partial charge in [0.25, 0.3) is 0 Å². The fourth-order valence-corrected chi connectivity index (χ4v) is 3.38. The van der Waals surface area contributed by atoms with Crippen molar-refractivity contribution in [2.24, 2.45) is 16.6 Å². The number of rotatable bonds is 5. The van der Waals surface area contributed by atoms with Gasteiger partial charge in [0, 0.05) is 36.0 Å². The molecule has 0 aromatic heterocycles. The highest BCUT2D eigenvalue weighted by Gasteiger charge is 2.23. The molecule has 1 heterocycles. The summed E-state index contributed by atoms with van der Waals surface area (Å²) in [5.41, 5.74) is 9.38. The standard InChI is InChI=1S/C20H25ClN4O.HI/c1-14-3-4-16(21)11-19(14)25-10-9-15(13-25)12-23-20(22)24-17-5-7-18(26-2)8-6-17;/h3-8,11,15H,9-10,12-13H2,1-2H3,(H3,22,23,24);1H. The van der Waals surface area contributed by atoms with Crippen molar-refractivity contribution in [2.75, 3.05) is 37.0 Å². The minimum absolute atomic E-state index is 0. The van der Waals surface area contributed by atoms with E-state index in [4.69, 9.17) is 22.1 Å². The van der Waals surface area contributed by atoms with Gasteiger partial charge in [-0.2, -0.15) is 0 Å². The fraction of sp³-hybridized carbons (Fsp3) is 0.350. The number of hydrogen-bond acceptors (Lipinski definition) is 3. The van der Waals surface area contributed by atoms with Gasteiger partial charge in [0.05, 0.1) is 7.11 Å². The Morgan fingerprint density at radius 1 is 1.30 bits per heavy atom. The average molecular weight is 501 g/mol. The van der Waals surface area contributed by atoms with E-state index in [1.165, 1.54) is 11.3 Å². The van der Waals surface area contributed by atoms with Gasteiger partial charge in [0.2, 0.25) is 0 Å². The molecule has 1 unspecified atom stereocenters. The van der Waals surface area contributed by atoms with Gasteiger partial charge >= 0.3 is 0 Å². The van der Waals surface area contributed by atoms with Crippen LogP contribution in [0.4, 0.5) is 11.4 Å². The van der Waals surface area contributed by atoms with Gasteiger partial charge in [-0.3, -0.25) is 4.99 Å². The molecular weight excluding hydrogens is 475 g/mol. The summed E-state index contributed by atoms with van der Waals surface area (Å²) in [5.74, 6) is 1.74. The molecule has 3 N–H and O–H groups in total. The Bertz CT molecular complexity index is 782. The molecule has 0 amide bonds. The number of anilines is 2. The van der Waals surface area contributed by atoms with E-state index in [-0.39, 0.29) is 24.0 Å². The predicted molar refractivity (Wildman–Crippen MR) is 125 cm³/mol. The molecule has 146 valence electrons. The largest absolute Gasteiger partial charge is 0.497 e. The maximum atomic E-state index is 6.15. The Hall–Kier alpha value is -1.67. The second kappa shape index (κ2) is 10.0. The monoisotopic (exact) mass is 500 g/mol. The summed E-state index contributed by atoms with van der Waals surface area (Å²) in [6.07, 6.45) is 1.10. The third kappa shape index (κ3) is 5.90. The lowest BCUT2D eigenvalue weighted by molar-refractivity contribution is 0.415. The first kappa shape index (κ1) is 21.6. The number of hydrogen-bond donors (Lipinski definition) is 2. The molecule has 5 nitrogen and oxygen atoms in total. The highest BCUT2D eigenvalue weighted by molar-refractivity contribution is 14.0. The number of nitrogens with one attached hydrogen (secondary N) is 1. The van der Waals surface area contributed by atoms with Crippen LogP contribution in [0.3, 0.4) is 0 Å². The van der Waals surface area contributed by atoms with E-state index in [1.807, 2.05) is 36.4 Å². The van der Waals surface area contributed by atoms with Gasteiger partial charge in [0.15, 0.2) is 5.96 Å². The Balaban J connectivity index is 0.00000261. The minimum Gasteiger partial charge on any atom is -0.497 e. The first-order valence-corrected chi connectivity index (χ1v) is 9.15. The van der Waals surface area contributed by atoms with Crippen molar-refractivity contribution >= 4 is 52.9 Å². The van der Waals surface area contributed by atoms with Crippen molar-refractivity contribution in [1.29, 1.82) is 0 Å². The number of guanidine groups is 1. The van der Waals surface area contributed by atoms with E-state index in [0.717, 1.165) is 36.0 Å². The van der Waals surface area contributed by atoms with Crippen LogP contribution in [0.15, 0.2) is 47.5 Å². The third-order valence-corrected chi connectivity index (χ3v) is 4.92. The van der Waals surface area contributed by atoms with Gasteiger partial charge in [-0.25, -0.2) is 0 Å². The molecule has 0 radical (unpaired) electrons. The molecule has 0 spiro atoms. The number of halogens is 2. The first-order valence-electron chi connectivity index (χ1n) is 8.77. The molecule has 0 saturated carbocycles. The second-order valence-electron chi connectivity index (χ2n) is 6.61. The van der Waals surface area contributed by atoms with Crippen LogP contribution in [-0.2, 0) is 0 Å². The summed E-state index contributed by atoms with van der Waals surface area (Å²) in [7, 11) is 1.65. The molecule has 1 saturated heterocycles. The summed E-state index contributed by atoms with van der Waals surface area (Å²) < 4.78 is 5.15. The van der Waals surface area contributed by atoms with E-state index < -0.39 is 0 Å². The number of benzene rings is 2. The summed E-state index contributed by atoms with van der Waals surface area (Å²) in [6, 6.07) is 13.7. The van der Waals surface area contributed by atoms with Crippen molar-refractivity contribution in [3.05, 3.63) is 53.1 Å².